The van der Waals surface area contributed by atoms with Gasteiger partial charge in [-0.1, -0.05) is 12.1 Å². The maximum atomic E-state index is 12.6. The highest BCUT2D eigenvalue weighted by atomic mass is 32.2. The Bertz CT molecular complexity index is 816. The first-order chi connectivity index (χ1) is 11.7. The van der Waals surface area contributed by atoms with E-state index in [9.17, 15) is 39.6 Å². The summed E-state index contributed by atoms with van der Waals surface area (Å²) in [6.07, 6.45) is -5.44. The van der Waals surface area contributed by atoms with Gasteiger partial charge in [-0.15, -0.1) is 0 Å². The summed E-state index contributed by atoms with van der Waals surface area (Å²) in [6.45, 7) is 0.572. The van der Waals surface area contributed by atoms with E-state index in [1.54, 1.807) is 0 Å². The van der Waals surface area contributed by atoms with Gasteiger partial charge in [-0.2, -0.15) is 34.8 Å². The summed E-state index contributed by atoms with van der Waals surface area (Å²) in [5.41, 5.74) is -5.21. The van der Waals surface area contributed by atoms with Crippen LogP contribution in [0.3, 0.4) is 0 Å². The molecule has 1 heterocycles. The molecule has 0 aromatic heterocycles. The summed E-state index contributed by atoms with van der Waals surface area (Å²) < 4.78 is 102. The fraction of sp³-hybridized carbons (Fsp3) is 0.500. The van der Waals surface area contributed by atoms with E-state index in [0.29, 0.717) is 10.5 Å². The second-order valence-electron chi connectivity index (χ2n) is 5.62. The van der Waals surface area contributed by atoms with Crippen LogP contribution in [0.1, 0.15) is 16.7 Å². The predicted molar refractivity (Wildman–Crippen MR) is 76.8 cm³/mol. The number of nitrogens with zero attached hydrogens (tertiary/aromatic N) is 1. The Kier molecular flexibility index (Phi) is 5.19. The highest BCUT2D eigenvalue weighted by molar-refractivity contribution is 7.88. The van der Waals surface area contributed by atoms with Crippen molar-refractivity contribution in [1.82, 2.24) is 4.90 Å². The van der Waals surface area contributed by atoms with Crippen molar-refractivity contribution < 1.29 is 43.7 Å². The van der Waals surface area contributed by atoms with E-state index in [1.165, 1.54) is 19.1 Å². The molecule has 0 N–H and O–H groups in total. The number of hydrogen-bond donors (Lipinski definition) is 0. The Morgan fingerprint density at radius 3 is 2.19 bits per heavy atom. The van der Waals surface area contributed by atoms with Gasteiger partial charge in [0, 0.05) is 18.7 Å². The Balaban J connectivity index is 2.37. The lowest BCUT2D eigenvalue weighted by Crippen LogP contribution is -2.42. The molecule has 1 aliphatic rings. The normalized spacial score (nSPS) is 16.0. The number of carbonyl (C=O) groups is 1. The number of rotatable bonds is 2. The first-order valence-electron chi connectivity index (χ1n) is 7.22. The van der Waals surface area contributed by atoms with Gasteiger partial charge in [0.1, 0.15) is 5.75 Å². The smallest absolute Gasteiger partial charge is 0.375 e. The molecule has 0 atom stereocenters. The molecule has 1 aliphatic heterocycles. The molecule has 0 unspecified atom stereocenters. The van der Waals surface area contributed by atoms with Gasteiger partial charge in [0.2, 0.25) is 0 Å². The number of halogens is 6. The van der Waals surface area contributed by atoms with Gasteiger partial charge >= 0.3 is 27.7 Å². The first kappa shape index (κ1) is 20.3. The van der Waals surface area contributed by atoms with Gasteiger partial charge in [-0.3, -0.25) is 4.79 Å². The van der Waals surface area contributed by atoms with Crippen molar-refractivity contribution in [2.75, 3.05) is 13.1 Å². The summed E-state index contributed by atoms with van der Waals surface area (Å²) >= 11 is 0. The SMILES string of the molecule is Cc1ccc2c(c1OS(=O)(=O)C(F)(F)F)CCN(C(=O)C(F)(F)F)CC2. The monoisotopic (exact) mass is 405 g/mol. The zero-order valence-electron chi connectivity index (χ0n) is 13.2. The summed E-state index contributed by atoms with van der Waals surface area (Å²) in [4.78, 5) is 11.9. The maximum Gasteiger partial charge on any atom is 0.534 e. The van der Waals surface area contributed by atoms with Crippen LogP contribution >= 0.6 is 0 Å². The van der Waals surface area contributed by atoms with E-state index >= 15 is 0 Å². The molecule has 2 rings (SSSR count). The summed E-state index contributed by atoms with van der Waals surface area (Å²) in [5, 5.41) is 0. The van der Waals surface area contributed by atoms with Crippen molar-refractivity contribution in [3.63, 3.8) is 0 Å². The van der Waals surface area contributed by atoms with E-state index in [-0.39, 0.29) is 30.5 Å². The molecule has 0 spiro atoms. The molecule has 5 nitrogen and oxygen atoms in total. The molecule has 12 heteroatoms. The summed E-state index contributed by atoms with van der Waals surface area (Å²) in [6, 6.07) is 2.76. The lowest BCUT2D eigenvalue weighted by Gasteiger charge is -2.21. The van der Waals surface area contributed by atoms with E-state index in [4.69, 9.17) is 0 Å². The Morgan fingerprint density at radius 2 is 1.65 bits per heavy atom. The molecule has 26 heavy (non-hydrogen) atoms. The Labute approximate surface area is 144 Å². The average molecular weight is 405 g/mol. The van der Waals surface area contributed by atoms with Crippen LogP contribution in [-0.2, 0) is 27.8 Å². The van der Waals surface area contributed by atoms with E-state index in [1.807, 2.05) is 0 Å². The van der Waals surface area contributed by atoms with Crippen LogP contribution in [0.2, 0.25) is 0 Å². The minimum absolute atomic E-state index is 0.0373. The fourth-order valence-electron chi connectivity index (χ4n) is 2.56. The fourth-order valence-corrected chi connectivity index (χ4v) is 3.11. The number of hydrogen-bond acceptors (Lipinski definition) is 4. The van der Waals surface area contributed by atoms with Gasteiger partial charge in [-0.25, -0.2) is 0 Å². The van der Waals surface area contributed by atoms with Crippen LogP contribution in [0.5, 0.6) is 5.75 Å². The van der Waals surface area contributed by atoms with Crippen molar-refractivity contribution in [3.05, 3.63) is 28.8 Å². The first-order valence-corrected chi connectivity index (χ1v) is 8.63. The number of carbonyl (C=O) groups excluding carboxylic acids is 1. The van der Waals surface area contributed by atoms with Crippen LogP contribution in [0, 0.1) is 6.92 Å². The number of fused-ring (bicyclic) bond motifs is 1. The molecule has 1 amide bonds. The molecule has 0 saturated heterocycles. The van der Waals surface area contributed by atoms with Crippen LogP contribution in [0.15, 0.2) is 12.1 Å². The van der Waals surface area contributed by atoms with Crippen molar-refractivity contribution in [2.24, 2.45) is 0 Å². The predicted octanol–water partition coefficient (Wildman–Crippen LogP) is 2.71. The molecule has 0 radical (unpaired) electrons. The zero-order chi connectivity index (χ0) is 19.9. The molecule has 0 aliphatic carbocycles. The maximum absolute atomic E-state index is 12.6. The van der Waals surface area contributed by atoms with E-state index in [0.717, 1.165) is 0 Å². The van der Waals surface area contributed by atoms with Crippen molar-refractivity contribution in [2.45, 2.75) is 31.5 Å². The molecule has 146 valence electrons. The molecule has 0 bridgehead atoms. The molecule has 1 aromatic rings. The van der Waals surface area contributed by atoms with E-state index < -0.39 is 40.0 Å². The summed E-state index contributed by atoms with van der Waals surface area (Å²) in [7, 11) is -5.93. The van der Waals surface area contributed by atoms with Crippen LogP contribution in [-0.4, -0.2) is 44.0 Å². The van der Waals surface area contributed by atoms with Gasteiger partial charge in [0.25, 0.3) is 0 Å². The van der Waals surface area contributed by atoms with E-state index in [2.05, 4.69) is 4.18 Å². The Morgan fingerprint density at radius 1 is 1.08 bits per heavy atom. The quantitative estimate of drug-likeness (QED) is 0.431. The average Bonchev–Trinajstić information content (AvgIpc) is 2.70. The molecular weight excluding hydrogens is 392 g/mol. The Hall–Kier alpha value is -1.98. The zero-order valence-corrected chi connectivity index (χ0v) is 14.1. The third-order valence-corrected chi connectivity index (χ3v) is 4.80. The van der Waals surface area contributed by atoms with Gasteiger partial charge in [-0.05, 0) is 30.9 Å². The molecule has 0 fully saturated rings. The van der Waals surface area contributed by atoms with Crippen molar-refractivity contribution in [1.29, 1.82) is 0 Å². The van der Waals surface area contributed by atoms with Crippen LogP contribution in [0.25, 0.3) is 0 Å². The number of alkyl halides is 6. The highest BCUT2D eigenvalue weighted by Crippen LogP contribution is 2.35. The third-order valence-electron chi connectivity index (χ3n) is 3.84. The standard InChI is InChI=1S/C14H13F6NO4S/c1-8-2-3-9-4-6-21(12(22)13(15,16)17)7-5-10(9)11(8)25-26(23,24)14(18,19)20/h2-3H,4-7H2,1H3. The summed E-state index contributed by atoms with van der Waals surface area (Å²) in [5.74, 6) is -2.63. The lowest BCUT2D eigenvalue weighted by atomic mass is 9.99. The largest absolute Gasteiger partial charge is 0.534 e. The lowest BCUT2D eigenvalue weighted by molar-refractivity contribution is -0.185. The van der Waals surface area contributed by atoms with Gasteiger partial charge in [0.15, 0.2) is 0 Å². The van der Waals surface area contributed by atoms with Crippen molar-refractivity contribution in [3.8, 4) is 5.75 Å². The van der Waals surface area contributed by atoms with Crippen LogP contribution in [0.4, 0.5) is 26.3 Å². The second kappa shape index (κ2) is 6.63. The third kappa shape index (κ3) is 4.05. The number of benzene rings is 1. The van der Waals surface area contributed by atoms with Crippen LogP contribution < -0.4 is 4.18 Å². The number of aryl methyl sites for hydroxylation is 1. The highest BCUT2D eigenvalue weighted by Gasteiger charge is 2.49. The second-order valence-corrected chi connectivity index (χ2v) is 7.16. The van der Waals surface area contributed by atoms with Gasteiger partial charge in [0.05, 0.1) is 0 Å². The topological polar surface area (TPSA) is 63.7 Å². The number of amides is 1. The molecular formula is C14H13F6NO4S. The van der Waals surface area contributed by atoms with Gasteiger partial charge < -0.3 is 9.08 Å². The molecule has 0 saturated carbocycles. The minimum Gasteiger partial charge on any atom is -0.375 e. The minimum atomic E-state index is -5.93. The molecule has 1 aromatic carbocycles. The van der Waals surface area contributed by atoms with Crippen molar-refractivity contribution >= 4 is 16.0 Å².